The molecule has 0 aromatic carbocycles. The van der Waals surface area contributed by atoms with Gasteiger partial charge in [-0.1, -0.05) is 0 Å². The molecule has 0 bridgehead atoms. The van der Waals surface area contributed by atoms with Crippen LogP contribution in [0.15, 0.2) is 0 Å². The fraction of sp³-hybridized carbons (Fsp3) is 0.889. The zero-order valence-electron chi connectivity index (χ0n) is 8.03. The van der Waals surface area contributed by atoms with Crippen molar-refractivity contribution in [2.45, 2.75) is 25.9 Å². The number of carbonyl (C=O) groups is 1. The van der Waals surface area contributed by atoms with E-state index in [0.29, 0.717) is 19.6 Å². The van der Waals surface area contributed by atoms with Crippen molar-refractivity contribution in [3.63, 3.8) is 0 Å². The number of hydrogen-bond acceptors (Lipinski definition) is 3. The summed E-state index contributed by atoms with van der Waals surface area (Å²) in [6.07, 6.45) is 1.78. The second-order valence-corrected chi connectivity index (χ2v) is 3.32. The molecule has 0 spiro atoms. The van der Waals surface area contributed by atoms with E-state index in [4.69, 9.17) is 9.84 Å². The lowest BCUT2D eigenvalue weighted by Crippen LogP contribution is -2.27. The van der Waals surface area contributed by atoms with Crippen LogP contribution in [0.2, 0.25) is 0 Å². The summed E-state index contributed by atoms with van der Waals surface area (Å²) in [5.74, 6) is 0.119. The van der Waals surface area contributed by atoms with Crippen LogP contribution in [-0.2, 0) is 9.53 Å². The van der Waals surface area contributed by atoms with E-state index in [2.05, 4.69) is 0 Å². The lowest BCUT2D eigenvalue weighted by atomic mass is 10.3. The molecule has 1 amide bonds. The summed E-state index contributed by atoms with van der Waals surface area (Å²) >= 11 is 0. The van der Waals surface area contributed by atoms with Gasteiger partial charge in [0.1, 0.15) is 0 Å². The fourth-order valence-corrected chi connectivity index (χ4v) is 1.46. The molecule has 0 radical (unpaired) electrons. The van der Waals surface area contributed by atoms with Gasteiger partial charge in [-0.3, -0.25) is 4.79 Å². The Kier molecular flexibility index (Phi) is 4.18. The number of nitrogens with zero attached hydrogens (tertiary/aromatic N) is 1. The minimum Gasteiger partial charge on any atom is -0.396 e. The van der Waals surface area contributed by atoms with Gasteiger partial charge in [-0.15, -0.1) is 0 Å². The first-order valence-corrected chi connectivity index (χ1v) is 4.72. The summed E-state index contributed by atoms with van der Waals surface area (Å²) in [5.41, 5.74) is 0. The lowest BCUT2D eigenvalue weighted by molar-refractivity contribution is -0.128. The van der Waals surface area contributed by atoms with Crippen molar-refractivity contribution in [3.05, 3.63) is 0 Å². The molecule has 1 saturated heterocycles. The first kappa shape index (κ1) is 10.5. The molecule has 1 unspecified atom stereocenters. The van der Waals surface area contributed by atoms with Gasteiger partial charge in [0.15, 0.2) is 0 Å². The summed E-state index contributed by atoms with van der Waals surface area (Å²) in [6, 6.07) is 0. The average Bonchev–Trinajstić information content (AvgIpc) is 2.53. The second-order valence-electron chi connectivity index (χ2n) is 3.32. The van der Waals surface area contributed by atoms with E-state index in [1.54, 1.807) is 11.8 Å². The van der Waals surface area contributed by atoms with Gasteiger partial charge in [-0.2, -0.15) is 0 Å². The molecule has 1 fully saturated rings. The largest absolute Gasteiger partial charge is 0.396 e. The Labute approximate surface area is 78.5 Å². The molecule has 0 saturated carbocycles. The third kappa shape index (κ3) is 3.32. The van der Waals surface area contributed by atoms with Gasteiger partial charge in [0, 0.05) is 33.2 Å². The zero-order chi connectivity index (χ0) is 9.68. The van der Waals surface area contributed by atoms with Crippen LogP contribution in [0.25, 0.3) is 0 Å². The molecule has 4 heteroatoms. The van der Waals surface area contributed by atoms with Gasteiger partial charge < -0.3 is 14.7 Å². The van der Waals surface area contributed by atoms with Crippen LogP contribution in [0.3, 0.4) is 0 Å². The molecule has 4 nitrogen and oxygen atoms in total. The maximum absolute atomic E-state index is 11.0. The molecule has 13 heavy (non-hydrogen) atoms. The molecule has 76 valence electrons. The molecule has 1 N–H and O–H groups in total. The molecule has 1 atom stereocenters. The molecular weight excluding hydrogens is 170 g/mol. The molecule has 1 aliphatic rings. The van der Waals surface area contributed by atoms with E-state index in [9.17, 15) is 4.79 Å². The Balaban J connectivity index is 2.14. The number of aliphatic hydroxyl groups excluding tert-OH is 1. The molecule has 1 rings (SSSR count). The van der Waals surface area contributed by atoms with Gasteiger partial charge in [-0.25, -0.2) is 0 Å². The number of hydrogen-bond donors (Lipinski definition) is 1. The second kappa shape index (κ2) is 5.19. The Morgan fingerprint density at radius 2 is 2.46 bits per heavy atom. The number of rotatable bonds is 4. The quantitative estimate of drug-likeness (QED) is 0.630. The Morgan fingerprint density at radius 3 is 3.00 bits per heavy atom. The van der Waals surface area contributed by atoms with Crippen molar-refractivity contribution >= 4 is 5.91 Å². The predicted molar refractivity (Wildman–Crippen MR) is 48.3 cm³/mol. The Bertz CT molecular complexity index is 172. The summed E-state index contributed by atoms with van der Waals surface area (Å²) in [5, 5.41) is 8.54. The maximum Gasteiger partial charge on any atom is 0.219 e. The monoisotopic (exact) mass is 187 g/mol. The molecule has 1 aliphatic heterocycles. The molecule has 0 aromatic heterocycles. The van der Waals surface area contributed by atoms with Crippen molar-refractivity contribution in [2.24, 2.45) is 0 Å². The first-order valence-electron chi connectivity index (χ1n) is 4.72. The van der Waals surface area contributed by atoms with E-state index in [-0.39, 0.29) is 18.6 Å². The minimum atomic E-state index is 0.119. The summed E-state index contributed by atoms with van der Waals surface area (Å²) in [6.45, 7) is 3.85. The van der Waals surface area contributed by atoms with Crippen LogP contribution in [0, 0.1) is 0 Å². The van der Waals surface area contributed by atoms with Crippen LogP contribution < -0.4 is 0 Å². The van der Waals surface area contributed by atoms with Gasteiger partial charge in [0.05, 0.1) is 6.10 Å². The standard InChI is InChI=1S/C9H17NO3/c1-8(12)10-4-3-9(7-10)13-6-2-5-11/h9,11H,2-7H2,1H3. The summed E-state index contributed by atoms with van der Waals surface area (Å²) in [7, 11) is 0. The normalized spacial score (nSPS) is 22.3. The van der Waals surface area contributed by atoms with Crippen molar-refractivity contribution in [1.29, 1.82) is 0 Å². The molecule has 0 aromatic rings. The third-order valence-corrected chi connectivity index (χ3v) is 2.25. The van der Waals surface area contributed by atoms with Crippen molar-refractivity contribution < 1.29 is 14.6 Å². The molecular formula is C9H17NO3. The first-order chi connectivity index (χ1) is 6.24. The summed E-state index contributed by atoms with van der Waals surface area (Å²) in [4.78, 5) is 12.7. The van der Waals surface area contributed by atoms with Crippen molar-refractivity contribution in [3.8, 4) is 0 Å². The highest BCUT2D eigenvalue weighted by Gasteiger charge is 2.24. The maximum atomic E-state index is 11.0. The van der Waals surface area contributed by atoms with Gasteiger partial charge in [-0.05, 0) is 12.8 Å². The number of ether oxygens (including phenoxy) is 1. The zero-order valence-corrected chi connectivity index (χ0v) is 8.03. The Hall–Kier alpha value is -0.610. The van der Waals surface area contributed by atoms with Crippen molar-refractivity contribution in [1.82, 2.24) is 4.90 Å². The van der Waals surface area contributed by atoms with E-state index >= 15 is 0 Å². The fourth-order valence-electron chi connectivity index (χ4n) is 1.46. The van der Waals surface area contributed by atoms with Gasteiger partial charge in [0.2, 0.25) is 5.91 Å². The van der Waals surface area contributed by atoms with Crippen LogP contribution in [0.4, 0.5) is 0 Å². The van der Waals surface area contributed by atoms with Crippen molar-refractivity contribution in [2.75, 3.05) is 26.3 Å². The lowest BCUT2D eigenvalue weighted by Gasteiger charge is -2.14. The minimum absolute atomic E-state index is 0.119. The van der Waals surface area contributed by atoms with E-state index in [1.165, 1.54) is 0 Å². The van der Waals surface area contributed by atoms with Gasteiger partial charge in [0.25, 0.3) is 0 Å². The highest BCUT2D eigenvalue weighted by molar-refractivity contribution is 5.73. The van der Waals surface area contributed by atoms with E-state index in [0.717, 1.165) is 13.0 Å². The van der Waals surface area contributed by atoms with Crippen LogP contribution in [0.5, 0.6) is 0 Å². The third-order valence-electron chi connectivity index (χ3n) is 2.25. The average molecular weight is 187 g/mol. The Morgan fingerprint density at radius 1 is 1.69 bits per heavy atom. The molecule has 1 heterocycles. The number of carbonyl (C=O) groups excluding carboxylic acids is 1. The van der Waals surface area contributed by atoms with Crippen LogP contribution in [0.1, 0.15) is 19.8 Å². The van der Waals surface area contributed by atoms with E-state index < -0.39 is 0 Å². The van der Waals surface area contributed by atoms with E-state index in [1.807, 2.05) is 0 Å². The summed E-state index contributed by atoms with van der Waals surface area (Å²) < 4.78 is 5.47. The number of likely N-dealkylation sites (tertiary alicyclic amines) is 1. The number of aliphatic hydroxyl groups is 1. The molecule has 0 aliphatic carbocycles. The SMILES string of the molecule is CC(=O)N1CCC(OCCCO)C1. The van der Waals surface area contributed by atoms with Crippen LogP contribution >= 0.6 is 0 Å². The predicted octanol–water partition coefficient (Wildman–Crippen LogP) is 0.00620. The smallest absolute Gasteiger partial charge is 0.219 e. The highest BCUT2D eigenvalue weighted by atomic mass is 16.5. The van der Waals surface area contributed by atoms with Gasteiger partial charge >= 0.3 is 0 Å². The topological polar surface area (TPSA) is 49.8 Å². The highest BCUT2D eigenvalue weighted by Crippen LogP contribution is 2.12. The number of amides is 1. The van der Waals surface area contributed by atoms with Crippen LogP contribution in [-0.4, -0.2) is 48.3 Å².